The second-order valence-corrected chi connectivity index (χ2v) is 8.61. The Hall–Kier alpha value is -3.52. The van der Waals surface area contributed by atoms with Crippen LogP contribution in [0.25, 0.3) is 10.2 Å². The first-order chi connectivity index (χ1) is 16.0. The van der Waals surface area contributed by atoms with Crippen LogP contribution >= 0.6 is 11.3 Å². The first-order valence-electron chi connectivity index (χ1n) is 10.6. The lowest BCUT2D eigenvalue weighted by Crippen LogP contribution is -2.21. The Bertz CT molecular complexity index is 1350. The van der Waals surface area contributed by atoms with Crippen molar-refractivity contribution in [3.63, 3.8) is 0 Å². The summed E-state index contributed by atoms with van der Waals surface area (Å²) in [6, 6.07) is 12.9. The standard InChI is InChI=1S/C25H23FN2O4S/c1-3-4-12-31-19-8-10-20(11-9-19)32-25(30)22-16(2)21-23(33-22)27-15-28(24(21)29)14-17-6-5-7-18(26)13-17/h5-11,13,15H,3-4,12,14H2,1-2H3. The number of aryl methyl sites for hydroxylation is 1. The van der Waals surface area contributed by atoms with Gasteiger partial charge in [0.1, 0.15) is 27.0 Å². The molecule has 4 aromatic rings. The van der Waals surface area contributed by atoms with Gasteiger partial charge < -0.3 is 9.47 Å². The van der Waals surface area contributed by atoms with E-state index in [0.717, 1.165) is 24.2 Å². The number of thiophene rings is 1. The highest BCUT2D eigenvalue weighted by atomic mass is 32.1. The van der Waals surface area contributed by atoms with Crippen LogP contribution in [-0.2, 0) is 6.54 Å². The van der Waals surface area contributed by atoms with E-state index >= 15 is 0 Å². The van der Waals surface area contributed by atoms with Gasteiger partial charge in [-0.15, -0.1) is 11.3 Å². The molecule has 2 heterocycles. The largest absolute Gasteiger partial charge is 0.494 e. The van der Waals surface area contributed by atoms with Crippen LogP contribution in [0.5, 0.6) is 11.5 Å². The van der Waals surface area contributed by atoms with Crippen LogP contribution in [0, 0.1) is 12.7 Å². The van der Waals surface area contributed by atoms with E-state index in [4.69, 9.17) is 9.47 Å². The Labute approximate surface area is 194 Å². The zero-order valence-electron chi connectivity index (χ0n) is 18.3. The number of hydrogen-bond acceptors (Lipinski definition) is 6. The summed E-state index contributed by atoms with van der Waals surface area (Å²) in [4.78, 5) is 31.0. The fraction of sp³-hybridized carbons (Fsp3) is 0.240. The highest BCUT2D eigenvalue weighted by Gasteiger charge is 2.21. The average Bonchev–Trinajstić information content (AvgIpc) is 3.14. The van der Waals surface area contributed by atoms with Crippen molar-refractivity contribution in [1.82, 2.24) is 9.55 Å². The number of carbonyl (C=O) groups is 1. The van der Waals surface area contributed by atoms with Crippen LogP contribution in [0.2, 0.25) is 0 Å². The molecule has 0 atom stereocenters. The number of fused-ring (bicyclic) bond motifs is 1. The third-order valence-electron chi connectivity index (χ3n) is 5.15. The van der Waals surface area contributed by atoms with Gasteiger partial charge in [0.2, 0.25) is 0 Å². The van der Waals surface area contributed by atoms with E-state index in [9.17, 15) is 14.0 Å². The highest BCUT2D eigenvalue weighted by Crippen LogP contribution is 2.28. The highest BCUT2D eigenvalue weighted by molar-refractivity contribution is 7.20. The minimum absolute atomic E-state index is 0.182. The molecule has 0 N–H and O–H groups in total. The van der Waals surface area contributed by atoms with E-state index in [-0.39, 0.29) is 17.9 Å². The first kappa shape index (κ1) is 22.7. The van der Waals surface area contributed by atoms with Gasteiger partial charge in [0.05, 0.1) is 24.9 Å². The van der Waals surface area contributed by atoms with Gasteiger partial charge in [-0.1, -0.05) is 25.5 Å². The summed E-state index contributed by atoms with van der Waals surface area (Å²) in [5, 5.41) is 0.366. The second kappa shape index (κ2) is 9.95. The van der Waals surface area contributed by atoms with Crippen molar-refractivity contribution in [2.24, 2.45) is 0 Å². The number of aromatic nitrogens is 2. The third kappa shape index (κ3) is 5.12. The number of carbonyl (C=O) groups excluding carboxylic acids is 1. The Morgan fingerprint density at radius 1 is 1.15 bits per heavy atom. The summed E-state index contributed by atoms with van der Waals surface area (Å²) in [6.07, 6.45) is 3.44. The van der Waals surface area contributed by atoms with E-state index in [1.54, 1.807) is 43.3 Å². The molecule has 0 aliphatic rings. The summed E-state index contributed by atoms with van der Waals surface area (Å²) in [5.41, 5.74) is 0.879. The summed E-state index contributed by atoms with van der Waals surface area (Å²) >= 11 is 1.12. The summed E-state index contributed by atoms with van der Waals surface area (Å²) < 4.78 is 26.0. The van der Waals surface area contributed by atoms with Crippen LogP contribution in [0.4, 0.5) is 4.39 Å². The maximum atomic E-state index is 13.5. The van der Waals surface area contributed by atoms with Crippen molar-refractivity contribution < 1.29 is 18.7 Å². The van der Waals surface area contributed by atoms with Crippen LogP contribution in [0.15, 0.2) is 59.7 Å². The second-order valence-electron chi connectivity index (χ2n) is 7.61. The van der Waals surface area contributed by atoms with Gasteiger partial charge in [0.25, 0.3) is 5.56 Å². The van der Waals surface area contributed by atoms with Gasteiger partial charge in [0, 0.05) is 0 Å². The molecule has 2 aromatic carbocycles. The number of rotatable bonds is 8. The van der Waals surface area contributed by atoms with Gasteiger partial charge >= 0.3 is 5.97 Å². The molecule has 0 radical (unpaired) electrons. The van der Waals surface area contributed by atoms with Crippen LogP contribution in [-0.4, -0.2) is 22.1 Å². The lowest BCUT2D eigenvalue weighted by Gasteiger charge is -2.07. The van der Waals surface area contributed by atoms with Crippen molar-refractivity contribution in [1.29, 1.82) is 0 Å². The summed E-state index contributed by atoms with van der Waals surface area (Å²) in [5.74, 6) is 0.179. The van der Waals surface area contributed by atoms with Crippen molar-refractivity contribution in [3.8, 4) is 11.5 Å². The zero-order valence-corrected chi connectivity index (χ0v) is 19.2. The molecular weight excluding hydrogens is 443 g/mol. The monoisotopic (exact) mass is 466 g/mol. The topological polar surface area (TPSA) is 70.4 Å². The normalized spacial score (nSPS) is 11.0. The smallest absolute Gasteiger partial charge is 0.354 e. The molecule has 0 bridgehead atoms. The Balaban J connectivity index is 1.54. The molecule has 0 saturated carbocycles. The molecule has 170 valence electrons. The minimum atomic E-state index is -0.550. The summed E-state index contributed by atoms with van der Waals surface area (Å²) in [7, 11) is 0. The number of unbranched alkanes of at least 4 members (excludes halogenated alkanes) is 1. The number of ether oxygens (including phenoxy) is 2. The SMILES string of the molecule is CCCCOc1ccc(OC(=O)c2sc3ncn(Cc4cccc(F)c4)c(=O)c3c2C)cc1. The molecular formula is C25H23FN2O4S. The van der Waals surface area contributed by atoms with Crippen LogP contribution in [0.1, 0.15) is 40.6 Å². The van der Waals surface area contributed by atoms with E-state index in [1.165, 1.54) is 23.0 Å². The quantitative estimate of drug-likeness (QED) is 0.199. The molecule has 0 spiro atoms. The number of nitrogens with zero attached hydrogens (tertiary/aromatic N) is 2. The maximum absolute atomic E-state index is 13.5. The van der Waals surface area contributed by atoms with Crippen LogP contribution in [0.3, 0.4) is 0 Å². The fourth-order valence-corrected chi connectivity index (χ4v) is 4.41. The predicted octanol–water partition coefficient (Wildman–Crippen LogP) is 5.35. The molecule has 2 aromatic heterocycles. The molecule has 33 heavy (non-hydrogen) atoms. The molecule has 0 fully saturated rings. The van der Waals surface area contributed by atoms with Crippen molar-refractivity contribution in [2.45, 2.75) is 33.2 Å². The number of halogens is 1. The number of benzene rings is 2. The Kier molecular flexibility index (Phi) is 6.84. The summed E-state index contributed by atoms with van der Waals surface area (Å²) in [6.45, 7) is 4.62. The zero-order chi connectivity index (χ0) is 23.4. The number of hydrogen-bond donors (Lipinski definition) is 0. The molecule has 0 aliphatic heterocycles. The van der Waals surface area contributed by atoms with E-state index in [2.05, 4.69) is 11.9 Å². The molecule has 0 unspecified atom stereocenters. The maximum Gasteiger partial charge on any atom is 0.354 e. The first-order valence-corrected chi connectivity index (χ1v) is 11.5. The molecule has 0 aliphatic carbocycles. The van der Waals surface area contributed by atoms with Crippen LogP contribution < -0.4 is 15.0 Å². The van der Waals surface area contributed by atoms with Gasteiger partial charge in [-0.3, -0.25) is 9.36 Å². The molecule has 6 nitrogen and oxygen atoms in total. The molecule has 0 saturated heterocycles. The lowest BCUT2D eigenvalue weighted by atomic mass is 10.2. The predicted molar refractivity (Wildman–Crippen MR) is 126 cm³/mol. The van der Waals surface area contributed by atoms with Gasteiger partial charge in [0.15, 0.2) is 0 Å². The van der Waals surface area contributed by atoms with Gasteiger partial charge in [-0.2, -0.15) is 0 Å². The molecule has 8 heteroatoms. The van der Waals surface area contributed by atoms with Crippen molar-refractivity contribution >= 4 is 27.5 Å². The van der Waals surface area contributed by atoms with E-state index in [0.29, 0.717) is 44.3 Å². The molecule has 0 amide bonds. The minimum Gasteiger partial charge on any atom is -0.494 e. The van der Waals surface area contributed by atoms with E-state index < -0.39 is 5.97 Å². The third-order valence-corrected chi connectivity index (χ3v) is 6.33. The Morgan fingerprint density at radius 3 is 2.64 bits per heavy atom. The van der Waals surface area contributed by atoms with Crippen molar-refractivity contribution in [3.05, 3.63) is 87.0 Å². The molecule has 4 rings (SSSR count). The van der Waals surface area contributed by atoms with Gasteiger partial charge in [-0.05, 0) is 60.9 Å². The fourth-order valence-electron chi connectivity index (χ4n) is 3.39. The van der Waals surface area contributed by atoms with E-state index in [1.807, 2.05) is 0 Å². The number of esters is 1. The average molecular weight is 467 g/mol. The Morgan fingerprint density at radius 2 is 1.91 bits per heavy atom. The van der Waals surface area contributed by atoms with Gasteiger partial charge in [-0.25, -0.2) is 14.2 Å². The lowest BCUT2D eigenvalue weighted by molar-refractivity contribution is 0.0739. The van der Waals surface area contributed by atoms with Crippen molar-refractivity contribution in [2.75, 3.05) is 6.61 Å².